The maximum atomic E-state index is 13.1. The second-order valence-electron chi connectivity index (χ2n) is 5.61. The van der Waals surface area contributed by atoms with Gasteiger partial charge in [-0.05, 0) is 31.5 Å². The van der Waals surface area contributed by atoms with Crippen LogP contribution in [-0.4, -0.2) is 42.5 Å². The van der Waals surface area contributed by atoms with Gasteiger partial charge in [-0.25, -0.2) is 4.39 Å². The lowest BCUT2D eigenvalue weighted by molar-refractivity contribution is -0.132. The first-order valence-corrected chi connectivity index (χ1v) is 6.98. The zero-order chi connectivity index (χ0) is 14.6. The van der Waals surface area contributed by atoms with Crippen molar-refractivity contribution in [3.63, 3.8) is 0 Å². The van der Waals surface area contributed by atoms with E-state index in [9.17, 15) is 9.18 Å². The zero-order valence-corrected chi connectivity index (χ0v) is 12.1. The molecule has 1 aliphatic heterocycles. The molecule has 0 unspecified atom stereocenters. The molecule has 1 heterocycles. The van der Waals surface area contributed by atoms with Crippen LogP contribution in [0.15, 0.2) is 24.3 Å². The summed E-state index contributed by atoms with van der Waals surface area (Å²) in [6.07, 6.45) is 0. The fraction of sp³-hybridized carbons (Fsp3) is 0.533. The van der Waals surface area contributed by atoms with E-state index in [0.717, 1.165) is 31.7 Å². The molecule has 1 aliphatic rings. The van der Waals surface area contributed by atoms with E-state index in [-0.39, 0.29) is 11.7 Å². The number of amides is 1. The van der Waals surface area contributed by atoms with Crippen molar-refractivity contribution in [3.8, 4) is 0 Å². The number of piperazine rings is 1. The summed E-state index contributed by atoms with van der Waals surface area (Å²) in [6, 6.07) is 6.30. The molecule has 110 valence electrons. The number of hydrogen-bond donors (Lipinski definition) is 2. The fourth-order valence-corrected chi connectivity index (χ4v) is 2.41. The Morgan fingerprint density at radius 3 is 2.75 bits per heavy atom. The van der Waals surface area contributed by atoms with Crippen LogP contribution in [0.4, 0.5) is 4.39 Å². The van der Waals surface area contributed by atoms with Gasteiger partial charge in [0.05, 0.1) is 5.54 Å². The molecule has 0 radical (unpaired) electrons. The van der Waals surface area contributed by atoms with E-state index in [1.165, 1.54) is 12.1 Å². The lowest BCUT2D eigenvalue weighted by atomic mass is 10.0. The summed E-state index contributed by atoms with van der Waals surface area (Å²) < 4.78 is 13.1. The Kier molecular flexibility index (Phi) is 4.73. The molecule has 0 saturated carbocycles. The zero-order valence-electron chi connectivity index (χ0n) is 12.1. The Bertz CT molecular complexity index is 470. The van der Waals surface area contributed by atoms with Crippen LogP contribution >= 0.6 is 0 Å². The number of benzene rings is 1. The molecule has 0 atom stereocenters. The number of nitrogens with zero attached hydrogens (tertiary/aromatic N) is 1. The second kappa shape index (κ2) is 6.33. The molecule has 4 nitrogen and oxygen atoms in total. The molecular weight excluding hydrogens is 257 g/mol. The number of carbonyl (C=O) groups excluding carboxylic acids is 1. The highest BCUT2D eigenvalue weighted by molar-refractivity contribution is 5.85. The standard InChI is InChI=1S/C15H22FN3O/c1-15(2,19-8-6-17-7-9-19)14(20)18-11-12-4-3-5-13(16)10-12/h3-5,10,17H,6-9,11H2,1-2H3,(H,18,20). The van der Waals surface area contributed by atoms with Gasteiger partial charge in [-0.1, -0.05) is 12.1 Å². The normalized spacial score (nSPS) is 16.9. The number of carbonyl (C=O) groups is 1. The first kappa shape index (κ1) is 14.9. The fourth-order valence-electron chi connectivity index (χ4n) is 2.41. The van der Waals surface area contributed by atoms with Crippen LogP contribution in [0.1, 0.15) is 19.4 Å². The van der Waals surface area contributed by atoms with E-state index < -0.39 is 5.54 Å². The third-order valence-corrected chi connectivity index (χ3v) is 3.81. The maximum Gasteiger partial charge on any atom is 0.240 e. The molecule has 2 rings (SSSR count). The predicted octanol–water partition coefficient (Wildman–Crippen LogP) is 1.13. The summed E-state index contributed by atoms with van der Waals surface area (Å²) >= 11 is 0. The summed E-state index contributed by atoms with van der Waals surface area (Å²) in [5, 5.41) is 6.17. The number of hydrogen-bond acceptors (Lipinski definition) is 3. The Morgan fingerprint density at radius 2 is 2.10 bits per heavy atom. The Morgan fingerprint density at radius 1 is 1.40 bits per heavy atom. The van der Waals surface area contributed by atoms with Crippen molar-refractivity contribution in [2.75, 3.05) is 26.2 Å². The van der Waals surface area contributed by atoms with Crippen molar-refractivity contribution in [3.05, 3.63) is 35.6 Å². The van der Waals surface area contributed by atoms with E-state index in [1.807, 2.05) is 13.8 Å². The topological polar surface area (TPSA) is 44.4 Å². The minimum atomic E-state index is -0.546. The third-order valence-electron chi connectivity index (χ3n) is 3.81. The lowest BCUT2D eigenvalue weighted by Crippen LogP contribution is -2.59. The van der Waals surface area contributed by atoms with Crippen molar-refractivity contribution in [2.24, 2.45) is 0 Å². The van der Waals surface area contributed by atoms with E-state index >= 15 is 0 Å². The van der Waals surface area contributed by atoms with E-state index in [2.05, 4.69) is 15.5 Å². The van der Waals surface area contributed by atoms with E-state index in [0.29, 0.717) is 6.54 Å². The van der Waals surface area contributed by atoms with Crippen LogP contribution in [0.2, 0.25) is 0 Å². The van der Waals surface area contributed by atoms with Crippen LogP contribution < -0.4 is 10.6 Å². The molecule has 1 aromatic rings. The van der Waals surface area contributed by atoms with Gasteiger partial charge < -0.3 is 10.6 Å². The van der Waals surface area contributed by atoms with Gasteiger partial charge in [0.25, 0.3) is 0 Å². The predicted molar refractivity (Wildman–Crippen MR) is 76.8 cm³/mol. The first-order chi connectivity index (χ1) is 9.50. The molecule has 2 N–H and O–H groups in total. The monoisotopic (exact) mass is 279 g/mol. The average molecular weight is 279 g/mol. The first-order valence-electron chi connectivity index (χ1n) is 6.98. The summed E-state index contributed by atoms with van der Waals surface area (Å²) in [4.78, 5) is 14.5. The van der Waals surface area contributed by atoms with Gasteiger partial charge in [0.1, 0.15) is 5.82 Å². The SMILES string of the molecule is CC(C)(C(=O)NCc1cccc(F)c1)N1CCNCC1. The summed E-state index contributed by atoms with van der Waals surface area (Å²) in [5.41, 5.74) is 0.226. The van der Waals surface area contributed by atoms with Crippen molar-refractivity contribution in [2.45, 2.75) is 25.9 Å². The Balaban J connectivity index is 1.93. The molecule has 0 aliphatic carbocycles. The van der Waals surface area contributed by atoms with Crippen LogP contribution in [-0.2, 0) is 11.3 Å². The summed E-state index contributed by atoms with van der Waals surface area (Å²) in [5.74, 6) is -0.304. The molecule has 1 saturated heterocycles. The molecule has 0 spiro atoms. The van der Waals surface area contributed by atoms with Gasteiger partial charge >= 0.3 is 0 Å². The highest BCUT2D eigenvalue weighted by atomic mass is 19.1. The third kappa shape index (κ3) is 3.55. The van der Waals surface area contributed by atoms with Crippen LogP contribution in [0.25, 0.3) is 0 Å². The van der Waals surface area contributed by atoms with Gasteiger partial charge in [-0.3, -0.25) is 9.69 Å². The molecule has 0 aromatic heterocycles. The smallest absolute Gasteiger partial charge is 0.240 e. The molecule has 1 amide bonds. The Labute approximate surface area is 119 Å². The minimum absolute atomic E-state index is 0.0244. The number of rotatable bonds is 4. The Hall–Kier alpha value is -1.46. The molecule has 0 bridgehead atoms. The quantitative estimate of drug-likeness (QED) is 0.868. The molecule has 1 aromatic carbocycles. The highest BCUT2D eigenvalue weighted by Crippen LogP contribution is 2.15. The number of nitrogens with one attached hydrogen (secondary N) is 2. The average Bonchev–Trinajstić information content (AvgIpc) is 2.45. The van der Waals surface area contributed by atoms with Gasteiger partial charge in [0.15, 0.2) is 0 Å². The molecule has 1 fully saturated rings. The molecular formula is C15H22FN3O. The van der Waals surface area contributed by atoms with E-state index in [4.69, 9.17) is 0 Å². The highest BCUT2D eigenvalue weighted by Gasteiger charge is 2.34. The van der Waals surface area contributed by atoms with Crippen molar-refractivity contribution < 1.29 is 9.18 Å². The van der Waals surface area contributed by atoms with Crippen molar-refractivity contribution >= 4 is 5.91 Å². The summed E-state index contributed by atoms with van der Waals surface area (Å²) in [6.45, 7) is 7.74. The molecule has 5 heteroatoms. The second-order valence-corrected chi connectivity index (χ2v) is 5.61. The minimum Gasteiger partial charge on any atom is -0.350 e. The van der Waals surface area contributed by atoms with Gasteiger partial charge in [-0.2, -0.15) is 0 Å². The largest absolute Gasteiger partial charge is 0.350 e. The summed E-state index contributed by atoms with van der Waals surface area (Å²) in [7, 11) is 0. The van der Waals surface area contributed by atoms with Crippen LogP contribution in [0.5, 0.6) is 0 Å². The van der Waals surface area contributed by atoms with Crippen LogP contribution in [0.3, 0.4) is 0 Å². The number of halogens is 1. The molecule has 20 heavy (non-hydrogen) atoms. The van der Waals surface area contributed by atoms with Gasteiger partial charge in [-0.15, -0.1) is 0 Å². The van der Waals surface area contributed by atoms with Crippen molar-refractivity contribution in [1.82, 2.24) is 15.5 Å². The van der Waals surface area contributed by atoms with Gasteiger partial charge in [0, 0.05) is 32.7 Å². The lowest BCUT2D eigenvalue weighted by Gasteiger charge is -2.39. The van der Waals surface area contributed by atoms with Crippen LogP contribution in [0, 0.1) is 5.82 Å². The maximum absolute atomic E-state index is 13.1. The van der Waals surface area contributed by atoms with Crippen molar-refractivity contribution in [1.29, 1.82) is 0 Å². The van der Waals surface area contributed by atoms with Gasteiger partial charge in [0.2, 0.25) is 5.91 Å². The van der Waals surface area contributed by atoms with E-state index in [1.54, 1.807) is 12.1 Å².